The van der Waals surface area contributed by atoms with Crippen LogP contribution in [0.15, 0.2) is 54.6 Å². The Morgan fingerprint density at radius 1 is 1.08 bits per heavy atom. The molecule has 1 aliphatic rings. The Balaban J connectivity index is 1.47. The molecule has 1 heterocycles. The maximum atomic E-state index is 12.3. The van der Waals surface area contributed by atoms with Crippen LogP contribution in [0, 0.1) is 0 Å². The van der Waals surface area contributed by atoms with Crippen molar-refractivity contribution < 1.29 is 14.4 Å². The Labute approximate surface area is 143 Å². The number of hydrogen-bond donors (Lipinski definition) is 2. The molecule has 126 valence electrons. The van der Waals surface area contributed by atoms with E-state index in [4.69, 9.17) is 4.74 Å². The van der Waals surface area contributed by atoms with Crippen molar-refractivity contribution in [3.05, 3.63) is 65.7 Å². The van der Waals surface area contributed by atoms with E-state index in [1.165, 1.54) is 5.56 Å². The minimum absolute atomic E-state index is 0.00848. The van der Waals surface area contributed by atoms with Crippen LogP contribution >= 0.6 is 0 Å². The fourth-order valence-corrected chi connectivity index (χ4v) is 3.24. The lowest BCUT2D eigenvalue weighted by molar-refractivity contribution is -0.918. The molecule has 0 saturated carbocycles. The number of methoxy groups -OCH3 is 1. The first-order valence-electron chi connectivity index (χ1n) is 8.57. The summed E-state index contributed by atoms with van der Waals surface area (Å²) in [5, 5.41) is 3.16. The molecule has 2 aromatic rings. The molecule has 1 saturated heterocycles. The third kappa shape index (κ3) is 4.36. The lowest BCUT2D eigenvalue weighted by Crippen LogP contribution is -3.12. The second-order valence-electron chi connectivity index (χ2n) is 6.39. The van der Waals surface area contributed by atoms with Crippen molar-refractivity contribution in [3.8, 4) is 5.75 Å². The van der Waals surface area contributed by atoms with Gasteiger partial charge in [-0.15, -0.1) is 0 Å². The molecule has 0 aromatic heterocycles. The van der Waals surface area contributed by atoms with Crippen molar-refractivity contribution in [2.75, 3.05) is 20.2 Å². The molecule has 1 amide bonds. The highest BCUT2D eigenvalue weighted by Gasteiger charge is 2.23. The molecule has 0 spiro atoms. The van der Waals surface area contributed by atoms with Gasteiger partial charge in [-0.05, 0) is 24.3 Å². The number of piperidine rings is 1. The monoisotopic (exact) mass is 325 g/mol. The highest BCUT2D eigenvalue weighted by molar-refractivity contribution is 5.94. The highest BCUT2D eigenvalue weighted by Crippen LogP contribution is 2.12. The third-order valence-electron chi connectivity index (χ3n) is 4.68. The molecule has 0 atom stereocenters. The van der Waals surface area contributed by atoms with Crippen molar-refractivity contribution in [2.45, 2.75) is 25.4 Å². The van der Waals surface area contributed by atoms with Gasteiger partial charge in [0, 0.05) is 30.0 Å². The lowest BCUT2D eigenvalue weighted by Gasteiger charge is -2.29. The summed E-state index contributed by atoms with van der Waals surface area (Å²) in [6, 6.07) is 18.2. The number of quaternary nitrogens is 1. The van der Waals surface area contributed by atoms with Gasteiger partial charge >= 0.3 is 0 Å². The molecule has 1 aliphatic heterocycles. The summed E-state index contributed by atoms with van der Waals surface area (Å²) in [4.78, 5) is 13.9. The van der Waals surface area contributed by atoms with Gasteiger partial charge in [-0.2, -0.15) is 0 Å². The molecule has 2 N–H and O–H groups in total. The number of rotatable bonds is 5. The van der Waals surface area contributed by atoms with Crippen molar-refractivity contribution in [3.63, 3.8) is 0 Å². The zero-order valence-corrected chi connectivity index (χ0v) is 14.1. The van der Waals surface area contributed by atoms with E-state index in [1.54, 1.807) is 12.0 Å². The first-order valence-corrected chi connectivity index (χ1v) is 8.57. The van der Waals surface area contributed by atoms with E-state index in [0.29, 0.717) is 5.56 Å². The molecule has 0 unspecified atom stereocenters. The van der Waals surface area contributed by atoms with E-state index in [9.17, 15) is 4.79 Å². The summed E-state index contributed by atoms with van der Waals surface area (Å²) < 4.78 is 5.13. The number of benzene rings is 2. The average Bonchev–Trinajstić information content (AvgIpc) is 2.64. The van der Waals surface area contributed by atoms with E-state index in [1.807, 2.05) is 24.3 Å². The molecule has 4 nitrogen and oxygen atoms in total. The van der Waals surface area contributed by atoms with Crippen LogP contribution in [0.1, 0.15) is 28.8 Å². The third-order valence-corrected chi connectivity index (χ3v) is 4.68. The van der Waals surface area contributed by atoms with E-state index in [0.717, 1.165) is 38.2 Å². The number of carbonyl (C=O) groups excluding carboxylic acids is 1. The summed E-state index contributed by atoms with van der Waals surface area (Å²) in [5.74, 6) is 0.776. The van der Waals surface area contributed by atoms with E-state index >= 15 is 0 Å². The summed E-state index contributed by atoms with van der Waals surface area (Å²) >= 11 is 0. The van der Waals surface area contributed by atoms with Crippen LogP contribution in [0.4, 0.5) is 0 Å². The van der Waals surface area contributed by atoms with Crippen LogP contribution in [0.25, 0.3) is 0 Å². The highest BCUT2D eigenvalue weighted by atomic mass is 16.5. The Kier molecular flexibility index (Phi) is 5.49. The van der Waals surface area contributed by atoms with E-state index in [-0.39, 0.29) is 11.9 Å². The zero-order valence-electron chi connectivity index (χ0n) is 14.1. The van der Waals surface area contributed by atoms with Crippen LogP contribution in [0.2, 0.25) is 0 Å². The molecule has 0 bridgehead atoms. The minimum Gasteiger partial charge on any atom is -0.497 e. The van der Waals surface area contributed by atoms with Gasteiger partial charge in [-0.3, -0.25) is 4.79 Å². The van der Waals surface area contributed by atoms with Crippen molar-refractivity contribution >= 4 is 5.91 Å². The predicted octanol–water partition coefficient (Wildman–Crippen LogP) is 1.67. The van der Waals surface area contributed by atoms with E-state index < -0.39 is 0 Å². The van der Waals surface area contributed by atoms with Gasteiger partial charge in [0.15, 0.2) is 0 Å². The molecular formula is C20H25N2O2+. The summed E-state index contributed by atoms with van der Waals surface area (Å²) in [6.07, 6.45) is 2.06. The average molecular weight is 325 g/mol. The van der Waals surface area contributed by atoms with Crippen molar-refractivity contribution in [1.82, 2.24) is 5.32 Å². The molecule has 3 rings (SSSR count). The zero-order chi connectivity index (χ0) is 16.8. The SMILES string of the molecule is COc1ccc(C(=O)NC2CC[NH+](Cc3ccccc3)CC2)cc1. The van der Waals surface area contributed by atoms with Crippen molar-refractivity contribution in [1.29, 1.82) is 0 Å². The van der Waals surface area contributed by atoms with Gasteiger partial charge in [-0.25, -0.2) is 0 Å². The normalized spacial score (nSPS) is 20.4. The van der Waals surface area contributed by atoms with Crippen LogP contribution in [0.5, 0.6) is 5.75 Å². The van der Waals surface area contributed by atoms with Gasteiger partial charge < -0.3 is 15.0 Å². The largest absolute Gasteiger partial charge is 0.497 e. The van der Waals surface area contributed by atoms with Gasteiger partial charge in [0.1, 0.15) is 12.3 Å². The molecule has 2 aromatic carbocycles. The number of nitrogens with one attached hydrogen (secondary N) is 2. The van der Waals surface area contributed by atoms with Gasteiger partial charge in [0.05, 0.1) is 20.2 Å². The molecule has 4 heteroatoms. The van der Waals surface area contributed by atoms with Gasteiger partial charge in [0.25, 0.3) is 5.91 Å². The number of carbonyl (C=O) groups is 1. The van der Waals surface area contributed by atoms with E-state index in [2.05, 4.69) is 35.6 Å². The molecular weight excluding hydrogens is 300 g/mol. The summed E-state index contributed by atoms with van der Waals surface area (Å²) in [5.41, 5.74) is 2.07. The van der Waals surface area contributed by atoms with Crippen LogP contribution in [-0.2, 0) is 6.54 Å². The van der Waals surface area contributed by atoms with Gasteiger partial charge in [-0.1, -0.05) is 30.3 Å². The molecule has 0 aliphatic carbocycles. The second-order valence-corrected chi connectivity index (χ2v) is 6.39. The number of ether oxygens (including phenoxy) is 1. The smallest absolute Gasteiger partial charge is 0.251 e. The Morgan fingerprint density at radius 3 is 2.38 bits per heavy atom. The second kappa shape index (κ2) is 7.97. The number of hydrogen-bond acceptors (Lipinski definition) is 2. The van der Waals surface area contributed by atoms with Crippen molar-refractivity contribution in [2.24, 2.45) is 0 Å². The molecule has 24 heavy (non-hydrogen) atoms. The molecule has 0 radical (unpaired) electrons. The maximum Gasteiger partial charge on any atom is 0.251 e. The van der Waals surface area contributed by atoms with Crippen LogP contribution in [-0.4, -0.2) is 32.1 Å². The topological polar surface area (TPSA) is 42.8 Å². The Hall–Kier alpha value is -2.33. The lowest BCUT2D eigenvalue weighted by atomic mass is 10.0. The fourth-order valence-electron chi connectivity index (χ4n) is 3.24. The minimum atomic E-state index is 0.00848. The maximum absolute atomic E-state index is 12.3. The predicted molar refractivity (Wildman–Crippen MR) is 94.3 cm³/mol. The standard InChI is InChI=1S/C20H24N2O2/c1-24-19-9-7-17(8-10-19)20(23)21-18-11-13-22(14-12-18)15-16-5-3-2-4-6-16/h2-10,18H,11-15H2,1H3,(H,21,23)/p+1. The number of amides is 1. The first-order chi connectivity index (χ1) is 11.7. The number of likely N-dealkylation sites (tertiary alicyclic amines) is 1. The fraction of sp³-hybridized carbons (Fsp3) is 0.350. The van der Waals surface area contributed by atoms with Gasteiger partial charge in [0.2, 0.25) is 0 Å². The molecule has 1 fully saturated rings. The quantitative estimate of drug-likeness (QED) is 0.878. The Morgan fingerprint density at radius 2 is 1.75 bits per heavy atom. The summed E-state index contributed by atoms with van der Waals surface area (Å²) in [6.45, 7) is 3.27. The first kappa shape index (κ1) is 16.5. The van der Waals surface area contributed by atoms with Crippen LogP contribution in [0.3, 0.4) is 0 Å². The van der Waals surface area contributed by atoms with Crippen LogP contribution < -0.4 is 15.0 Å². The summed E-state index contributed by atoms with van der Waals surface area (Å²) in [7, 11) is 1.63. The Bertz CT molecular complexity index is 647.